The Labute approximate surface area is 342 Å². The number of piperidine rings is 2. The van der Waals surface area contributed by atoms with Crippen molar-refractivity contribution in [3.63, 3.8) is 0 Å². The smallest absolute Gasteiger partial charge is 0.268 e. The molecule has 3 aromatic rings. The van der Waals surface area contributed by atoms with Gasteiger partial charge < -0.3 is 25.2 Å². The number of rotatable bonds is 10. The Kier molecular flexibility index (Phi) is 11.4. The van der Waals surface area contributed by atoms with Gasteiger partial charge in [0.15, 0.2) is 0 Å². The van der Waals surface area contributed by atoms with E-state index >= 15 is 4.39 Å². The molecule has 4 amide bonds. The van der Waals surface area contributed by atoms with Crippen LogP contribution in [0, 0.1) is 33.9 Å². The van der Waals surface area contributed by atoms with Crippen molar-refractivity contribution in [2.45, 2.75) is 71.6 Å². The Hall–Kier alpha value is -5.33. The molecule has 3 aliphatic heterocycles. The highest BCUT2D eigenvalue weighted by Gasteiger charge is 2.67. The van der Waals surface area contributed by atoms with Crippen LogP contribution >= 0.6 is 11.6 Å². The summed E-state index contributed by atoms with van der Waals surface area (Å²) in [5.41, 5.74) is 4.81. The van der Waals surface area contributed by atoms with Crippen LogP contribution in [0.3, 0.4) is 0 Å². The molecule has 4 heterocycles. The number of piperazine rings is 1. The van der Waals surface area contributed by atoms with Crippen molar-refractivity contribution in [1.82, 2.24) is 25.1 Å². The summed E-state index contributed by atoms with van der Waals surface area (Å²) >= 11 is 6.30. The SMILES string of the molecule is CC1(C)C(Oc2ccc(C#N)c(Cl)c2)C(C)(C)C1N(C(=O)c1ccc(N2CCN(CC3CCN(c4cnc(C(N)=O)cn4)CC3)CC2)cc1F)C1CCC(=O)NC1=O. The standard InChI is InChI=1S/C42H49ClFN9O5/c1-41(2)39(42(3,4)40(41)58-28-7-5-26(21-45)30(43)20-28)53(33-9-10-35(54)49-37(33)56)38(57)29-8-6-27(19-31(29)44)51-17-15-50(16-18-51)24-25-11-13-52(14-12-25)34-23-47-32(22-48-34)36(46)55/h5-8,19-20,22-23,25,33,39-40H,9-18,24H2,1-4H3,(H2,46,55)(H,49,54,56). The van der Waals surface area contributed by atoms with Gasteiger partial charge in [-0.2, -0.15) is 5.26 Å². The third kappa shape index (κ3) is 7.92. The molecule has 58 heavy (non-hydrogen) atoms. The lowest BCUT2D eigenvalue weighted by molar-refractivity contribution is -0.207. The van der Waals surface area contributed by atoms with Crippen LogP contribution in [0.15, 0.2) is 48.8 Å². The predicted octanol–water partition coefficient (Wildman–Crippen LogP) is 4.41. The van der Waals surface area contributed by atoms with E-state index in [0.717, 1.165) is 51.4 Å². The molecule has 1 aliphatic carbocycles. The van der Waals surface area contributed by atoms with E-state index in [1.54, 1.807) is 30.5 Å². The predicted molar refractivity (Wildman–Crippen MR) is 215 cm³/mol. The maximum atomic E-state index is 16.2. The molecule has 14 nitrogen and oxygen atoms in total. The second kappa shape index (κ2) is 16.1. The van der Waals surface area contributed by atoms with Crippen LogP contribution in [0.5, 0.6) is 5.75 Å². The molecule has 2 aromatic carbocycles. The van der Waals surface area contributed by atoms with Crippen molar-refractivity contribution in [2.24, 2.45) is 22.5 Å². The number of benzene rings is 2. The van der Waals surface area contributed by atoms with Crippen molar-refractivity contribution < 1.29 is 28.3 Å². The molecule has 1 atom stereocenters. The van der Waals surface area contributed by atoms with Crippen molar-refractivity contribution in [1.29, 1.82) is 5.26 Å². The number of nitrogens with zero attached hydrogens (tertiary/aromatic N) is 7. The Morgan fingerprint density at radius 2 is 1.69 bits per heavy atom. The summed E-state index contributed by atoms with van der Waals surface area (Å²) in [4.78, 5) is 68.3. The number of nitrogens with one attached hydrogen (secondary N) is 1. The van der Waals surface area contributed by atoms with E-state index < -0.39 is 58.5 Å². The van der Waals surface area contributed by atoms with Gasteiger partial charge in [-0.05, 0) is 55.5 Å². The van der Waals surface area contributed by atoms with E-state index in [2.05, 4.69) is 30.0 Å². The summed E-state index contributed by atoms with van der Waals surface area (Å²) in [6.45, 7) is 13.4. The molecule has 1 unspecified atom stereocenters. The number of carbonyl (C=O) groups excluding carboxylic acids is 4. The van der Waals surface area contributed by atoms with Crippen molar-refractivity contribution in [3.8, 4) is 11.8 Å². The molecular formula is C42H49ClFN9O5. The third-order valence-electron chi connectivity index (χ3n) is 12.4. The average molecular weight is 814 g/mol. The van der Waals surface area contributed by atoms with E-state index in [4.69, 9.17) is 22.1 Å². The van der Waals surface area contributed by atoms with Crippen LogP contribution < -0.4 is 25.6 Å². The minimum absolute atomic E-state index is 0.0489. The molecule has 1 aromatic heterocycles. The van der Waals surface area contributed by atoms with Crippen LogP contribution in [0.2, 0.25) is 5.02 Å². The molecule has 7 rings (SSSR count). The van der Waals surface area contributed by atoms with E-state index in [0.29, 0.717) is 36.0 Å². The Morgan fingerprint density at radius 1 is 0.983 bits per heavy atom. The van der Waals surface area contributed by atoms with Gasteiger partial charge in [0.2, 0.25) is 11.8 Å². The van der Waals surface area contributed by atoms with Gasteiger partial charge in [0, 0.05) is 74.8 Å². The zero-order chi connectivity index (χ0) is 41.5. The average Bonchev–Trinajstić information content (AvgIpc) is 3.19. The van der Waals surface area contributed by atoms with Gasteiger partial charge >= 0.3 is 0 Å². The summed E-state index contributed by atoms with van der Waals surface area (Å²) < 4.78 is 22.7. The first-order valence-electron chi connectivity index (χ1n) is 19.7. The highest BCUT2D eigenvalue weighted by molar-refractivity contribution is 6.31. The topological polar surface area (TPSA) is 178 Å². The number of hydrogen-bond acceptors (Lipinski definition) is 11. The molecule has 0 bridgehead atoms. The third-order valence-corrected chi connectivity index (χ3v) is 12.7. The van der Waals surface area contributed by atoms with Gasteiger partial charge in [-0.25, -0.2) is 14.4 Å². The zero-order valence-corrected chi connectivity index (χ0v) is 34.0. The quantitative estimate of drug-likeness (QED) is 0.277. The number of nitrogens with two attached hydrogens (primary N) is 1. The molecule has 1 saturated carbocycles. The number of halogens is 2. The molecule has 306 valence electrons. The fourth-order valence-corrected chi connectivity index (χ4v) is 10.0. The number of imide groups is 1. The molecule has 4 aliphatic rings. The Balaban J connectivity index is 1.01. The largest absolute Gasteiger partial charge is 0.489 e. The molecule has 0 spiro atoms. The van der Waals surface area contributed by atoms with E-state index in [9.17, 15) is 24.4 Å². The number of hydrogen-bond donors (Lipinski definition) is 2. The van der Waals surface area contributed by atoms with Crippen LogP contribution in [0.25, 0.3) is 0 Å². The summed E-state index contributed by atoms with van der Waals surface area (Å²) in [7, 11) is 0. The fraction of sp³-hybridized carbons (Fsp3) is 0.500. The first kappa shape index (κ1) is 40.9. The first-order chi connectivity index (χ1) is 27.6. The van der Waals surface area contributed by atoms with E-state index in [-0.39, 0.29) is 29.1 Å². The Morgan fingerprint density at radius 3 is 2.28 bits per heavy atom. The first-order valence-corrected chi connectivity index (χ1v) is 20.1. The second-order valence-corrected chi connectivity index (χ2v) is 17.4. The maximum absolute atomic E-state index is 16.2. The zero-order valence-electron chi connectivity index (χ0n) is 33.2. The van der Waals surface area contributed by atoms with Gasteiger partial charge in [-0.3, -0.25) is 29.4 Å². The normalized spacial score (nSPS) is 23.4. The van der Waals surface area contributed by atoms with Gasteiger partial charge in [-0.15, -0.1) is 0 Å². The van der Waals surface area contributed by atoms with E-state index in [1.165, 1.54) is 23.2 Å². The van der Waals surface area contributed by atoms with Gasteiger partial charge in [-0.1, -0.05) is 39.3 Å². The summed E-state index contributed by atoms with van der Waals surface area (Å²) in [6, 6.07) is 9.96. The highest BCUT2D eigenvalue weighted by Crippen LogP contribution is 2.59. The lowest BCUT2D eigenvalue weighted by Gasteiger charge is -2.66. The number of ether oxygens (including phenoxy) is 1. The van der Waals surface area contributed by atoms with Crippen LogP contribution in [0.1, 0.15) is 79.8 Å². The summed E-state index contributed by atoms with van der Waals surface area (Å²) in [5.74, 6) is -1.20. The fourth-order valence-electron chi connectivity index (χ4n) is 9.83. The molecule has 4 fully saturated rings. The van der Waals surface area contributed by atoms with Crippen molar-refractivity contribution >= 4 is 46.7 Å². The molecule has 0 radical (unpaired) electrons. The van der Waals surface area contributed by atoms with Crippen LogP contribution in [-0.4, -0.2) is 107 Å². The molecule has 16 heteroatoms. The summed E-state index contributed by atoms with van der Waals surface area (Å²) in [5, 5.41) is 12.0. The van der Waals surface area contributed by atoms with E-state index in [1.807, 2.05) is 33.8 Å². The van der Waals surface area contributed by atoms with Gasteiger partial charge in [0.05, 0.1) is 34.6 Å². The molecule has 3 N–H and O–H groups in total. The van der Waals surface area contributed by atoms with Gasteiger partial charge in [0.1, 0.15) is 41.3 Å². The van der Waals surface area contributed by atoms with Crippen molar-refractivity contribution in [2.75, 3.05) is 55.6 Å². The maximum Gasteiger partial charge on any atom is 0.268 e. The van der Waals surface area contributed by atoms with Gasteiger partial charge in [0.25, 0.3) is 11.8 Å². The minimum Gasteiger partial charge on any atom is -0.489 e. The van der Waals surface area contributed by atoms with Crippen LogP contribution in [-0.2, 0) is 9.59 Å². The number of aromatic nitrogens is 2. The van der Waals surface area contributed by atoms with Crippen molar-refractivity contribution in [3.05, 3.63) is 76.5 Å². The monoisotopic (exact) mass is 813 g/mol. The number of anilines is 2. The summed E-state index contributed by atoms with van der Waals surface area (Å²) in [6.07, 6.45) is 4.72. The molecule has 3 saturated heterocycles. The number of nitriles is 1. The highest BCUT2D eigenvalue weighted by atomic mass is 35.5. The van der Waals surface area contributed by atoms with Crippen LogP contribution in [0.4, 0.5) is 15.9 Å². The number of primary amides is 1. The lowest BCUT2D eigenvalue weighted by atomic mass is 9.48. The number of carbonyl (C=O) groups is 4. The number of amides is 4. The lowest BCUT2D eigenvalue weighted by Crippen LogP contribution is -2.77. The second-order valence-electron chi connectivity index (χ2n) is 17.0. The minimum atomic E-state index is -0.998. The Bertz CT molecular complexity index is 2110. The molecular weight excluding hydrogens is 765 g/mol.